The average molecular weight is 292 g/mol. The fourth-order valence-corrected chi connectivity index (χ4v) is 3.14. The van der Waals surface area contributed by atoms with Gasteiger partial charge in [-0.3, -0.25) is 0 Å². The van der Waals surface area contributed by atoms with E-state index in [1.54, 1.807) is 6.07 Å². The Balaban J connectivity index is 1.98. The third-order valence-corrected chi connectivity index (χ3v) is 4.27. The zero-order valence-electron chi connectivity index (χ0n) is 11.7. The van der Waals surface area contributed by atoms with Crippen LogP contribution in [0.2, 0.25) is 5.02 Å². The Hall–Kier alpha value is -1.62. The Morgan fingerprint density at radius 3 is 2.85 bits per heavy atom. The van der Waals surface area contributed by atoms with E-state index >= 15 is 0 Å². The highest BCUT2D eigenvalue weighted by Gasteiger charge is 2.34. The van der Waals surface area contributed by atoms with Gasteiger partial charge in [-0.05, 0) is 53.3 Å². The normalized spacial score (nSPS) is 21.2. The number of nitrogens with two attached hydrogens (primary N) is 1. The number of hydrogen-bond acceptors (Lipinski definition) is 4. The average Bonchev–Trinajstić information content (AvgIpc) is 2.95. The largest absolute Gasteiger partial charge is 0.398 e. The molecule has 1 aromatic carbocycles. The summed E-state index contributed by atoms with van der Waals surface area (Å²) in [7, 11) is 0. The highest BCUT2D eigenvalue weighted by atomic mass is 35.5. The number of nitrogens with zero attached hydrogens (tertiary/aromatic N) is 4. The SMILES string of the molecule is CC1(C)CCC(n2nnnc2-c2ccc(Cl)cc2N)C1. The number of benzene rings is 1. The van der Waals surface area contributed by atoms with Crippen molar-refractivity contribution in [3.05, 3.63) is 23.2 Å². The minimum Gasteiger partial charge on any atom is -0.398 e. The van der Waals surface area contributed by atoms with Crippen LogP contribution in [-0.4, -0.2) is 20.2 Å². The molecule has 2 aromatic rings. The lowest BCUT2D eigenvalue weighted by Crippen LogP contribution is -2.12. The third-order valence-electron chi connectivity index (χ3n) is 4.04. The van der Waals surface area contributed by atoms with Gasteiger partial charge >= 0.3 is 0 Å². The van der Waals surface area contributed by atoms with Crippen LogP contribution in [0.3, 0.4) is 0 Å². The van der Waals surface area contributed by atoms with Crippen LogP contribution in [0, 0.1) is 5.41 Å². The Morgan fingerprint density at radius 1 is 1.40 bits per heavy atom. The molecule has 0 aliphatic heterocycles. The van der Waals surface area contributed by atoms with E-state index in [-0.39, 0.29) is 0 Å². The summed E-state index contributed by atoms with van der Waals surface area (Å²) in [5.41, 5.74) is 7.83. The number of hydrogen-bond donors (Lipinski definition) is 1. The lowest BCUT2D eigenvalue weighted by molar-refractivity contribution is 0.349. The fourth-order valence-electron chi connectivity index (χ4n) is 2.96. The molecular formula is C14H18ClN5. The lowest BCUT2D eigenvalue weighted by atomic mass is 9.92. The molecule has 0 bridgehead atoms. The van der Waals surface area contributed by atoms with Crippen LogP contribution in [0.4, 0.5) is 5.69 Å². The maximum atomic E-state index is 6.04. The van der Waals surface area contributed by atoms with Crippen LogP contribution in [0.1, 0.15) is 39.2 Å². The summed E-state index contributed by atoms with van der Waals surface area (Å²) in [6.45, 7) is 4.57. The summed E-state index contributed by atoms with van der Waals surface area (Å²) in [5, 5.41) is 12.8. The van der Waals surface area contributed by atoms with Gasteiger partial charge in [-0.2, -0.15) is 0 Å². The maximum Gasteiger partial charge on any atom is 0.184 e. The summed E-state index contributed by atoms with van der Waals surface area (Å²) in [6.07, 6.45) is 3.37. The summed E-state index contributed by atoms with van der Waals surface area (Å²) in [6, 6.07) is 5.75. The van der Waals surface area contributed by atoms with Crippen LogP contribution in [0.15, 0.2) is 18.2 Å². The molecule has 3 rings (SSSR count). The van der Waals surface area contributed by atoms with Gasteiger partial charge in [0.2, 0.25) is 0 Å². The zero-order chi connectivity index (χ0) is 14.3. The summed E-state index contributed by atoms with van der Waals surface area (Å²) < 4.78 is 1.91. The second-order valence-electron chi connectivity index (χ2n) is 6.24. The van der Waals surface area contributed by atoms with E-state index in [1.165, 1.54) is 6.42 Å². The van der Waals surface area contributed by atoms with E-state index in [2.05, 4.69) is 29.4 Å². The van der Waals surface area contributed by atoms with Gasteiger partial charge in [0, 0.05) is 16.3 Å². The van der Waals surface area contributed by atoms with Gasteiger partial charge in [0.15, 0.2) is 5.82 Å². The van der Waals surface area contributed by atoms with Crippen molar-refractivity contribution in [2.24, 2.45) is 5.41 Å². The number of tetrazole rings is 1. The number of anilines is 1. The zero-order valence-corrected chi connectivity index (χ0v) is 12.4. The van der Waals surface area contributed by atoms with Gasteiger partial charge < -0.3 is 5.73 Å². The Labute approximate surface area is 123 Å². The molecule has 1 fully saturated rings. The van der Waals surface area contributed by atoms with E-state index in [9.17, 15) is 0 Å². The molecule has 1 aromatic heterocycles. The molecule has 0 spiro atoms. The van der Waals surface area contributed by atoms with Crippen LogP contribution in [0.5, 0.6) is 0 Å². The number of rotatable bonds is 2. The predicted octanol–water partition coefficient (Wildman–Crippen LogP) is 3.33. The second kappa shape index (κ2) is 4.74. The molecule has 1 unspecified atom stereocenters. The van der Waals surface area contributed by atoms with E-state index in [1.807, 2.05) is 16.8 Å². The first-order valence-corrected chi connectivity index (χ1v) is 7.17. The van der Waals surface area contributed by atoms with Crippen molar-refractivity contribution >= 4 is 17.3 Å². The molecule has 1 heterocycles. The molecule has 6 heteroatoms. The minimum atomic E-state index is 0.338. The van der Waals surface area contributed by atoms with Crippen LogP contribution in [0.25, 0.3) is 11.4 Å². The monoisotopic (exact) mass is 291 g/mol. The smallest absolute Gasteiger partial charge is 0.184 e. The molecule has 0 radical (unpaired) electrons. The van der Waals surface area contributed by atoms with Gasteiger partial charge in [-0.25, -0.2) is 4.68 Å². The summed E-state index contributed by atoms with van der Waals surface area (Å²) in [4.78, 5) is 0. The molecule has 1 aliphatic rings. The van der Waals surface area contributed by atoms with Crippen molar-refractivity contribution in [1.29, 1.82) is 0 Å². The van der Waals surface area contributed by atoms with Gasteiger partial charge in [0.05, 0.1) is 6.04 Å². The number of nitrogen functional groups attached to an aromatic ring is 1. The van der Waals surface area contributed by atoms with Crippen LogP contribution < -0.4 is 5.73 Å². The van der Waals surface area contributed by atoms with Crippen LogP contribution in [-0.2, 0) is 0 Å². The maximum absolute atomic E-state index is 6.04. The molecule has 0 amide bonds. The molecule has 1 aliphatic carbocycles. The molecule has 1 saturated carbocycles. The lowest BCUT2D eigenvalue weighted by Gasteiger charge is -2.17. The highest BCUT2D eigenvalue weighted by molar-refractivity contribution is 6.31. The predicted molar refractivity (Wildman–Crippen MR) is 79.3 cm³/mol. The molecule has 1 atom stereocenters. The van der Waals surface area contributed by atoms with E-state index < -0.39 is 0 Å². The van der Waals surface area contributed by atoms with Crippen molar-refractivity contribution in [1.82, 2.24) is 20.2 Å². The highest BCUT2D eigenvalue weighted by Crippen LogP contribution is 2.44. The molecule has 106 valence electrons. The minimum absolute atomic E-state index is 0.338. The topological polar surface area (TPSA) is 69.6 Å². The first-order valence-electron chi connectivity index (χ1n) is 6.79. The van der Waals surface area contributed by atoms with Gasteiger partial charge in [0.1, 0.15) is 0 Å². The molecule has 0 saturated heterocycles. The molecule has 2 N–H and O–H groups in total. The van der Waals surface area contributed by atoms with Crippen molar-refractivity contribution in [2.75, 3.05) is 5.73 Å². The van der Waals surface area contributed by atoms with Crippen molar-refractivity contribution in [2.45, 2.75) is 39.2 Å². The van der Waals surface area contributed by atoms with Crippen molar-refractivity contribution in [3.63, 3.8) is 0 Å². The standard InChI is InChI=1S/C14H18ClN5/c1-14(2)6-5-10(8-14)20-13(17-18-19-20)11-4-3-9(15)7-12(11)16/h3-4,7,10H,5-6,8,16H2,1-2H3. The van der Waals surface area contributed by atoms with E-state index in [4.69, 9.17) is 17.3 Å². The molecule has 5 nitrogen and oxygen atoms in total. The first-order chi connectivity index (χ1) is 9.46. The van der Waals surface area contributed by atoms with Crippen molar-refractivity contribution < 1.29 is 0 Å². The van der Waals surface area contributed by atoms with E-state index in [0.29, 0.717) is 22.2 Å². The van der Waals surface area contributed by atoms with Gasteiger partial charge in [0.25, 0.3) is 0 Å². The Kier molecular flexibility index (Phi) is 3.17. The third kappa shape index (κ3) is 2.38. The van der Waals surface area contributed by atoms with E-state index in [0.717, 1.165) is 24.2 Å². The quantitative estimate of drug-likeness (QED) is 0.862. The van der Waals surface area contributed by atoms with Gasteiger partial charge in [-0.1, -0.05) is 25.4 Å². The molecular weight excluding hydrogens is 274 g/mol. The van der Waals surface area contributed by atoms with Gasteiger partial charge in [-0.15, -0.1) is 5.10 Å². The fraction of sp³-hybridized carbons (Fsp3) is 0.500. The first kappa shape index (κ1) is 13.4. The Morgan fingerprint density at radius 2 is 2.20 bits per heavy atom. The van der Waals surface area contributed by atoms with Crippen LogP contribution >= 0.6 is 11.6 Å². The Bertz CT molecular complexity index is 634. The summed E-state index contributed by atoms with van der Waals surface area (Å²) >= 11 is 5.94. The number of aromatic nitrogens is 4. The molecule has 20 heavy (non-hydrogen) atoms. The second-order valence-corrected chi connectivity index (χ2v) is 6.68. The number of halogens is 1. The van der Waals surface area contributed by atoms with Crippen molar-refractivity contribution in [3.8, 4) is 11.4 Å². The summed E-state index contributed by atoms with van der Waals surface area (Å²) in [5.74, 6) is 0.724.